The van der Waals surface area contributed by atoms with E-state index in [1.54, 1.807) is 36.4 Å². The summed E-state index contributed by atoms with van der Waals surface area (Å²) in [5.41, 5.74) is -6.55. The number of para-hydroxylation sites is 2. The van der Waals surface area contributed by atoms with E-state index in [0.29, 0.717) is 12.8 Å². The summed E-state index contributed by atoms with van der Waals surface area (Å²) in [6.45, 7) is 7.60. The first-order chi connectivity index (χ1) is 33.9. The number of H-pyrrole nitrogens is 1. The van der Waals surface area contributed by atoms with Gasteiger partial charge in [-0.05, 0) is 70.9 Å². The zero-order valence-electron chi connectivity index (χ0n) is 40.1. The van der Waals surface area contributed by atoms with Crippen LogP contribution in [-0.2, 0) is 56.3 Å². The summed E-state index contributed by atoms with van der Waals surface area (Å²) in [5.74, 6) is -2.18. The van der Waals surface area contributed by atoms with Crippen LogP contribution >= 0.6 is 15.5 Å². The predicted octanol–water partition coefficient (Wildman–Crippen LogP) is 3.91. The van der Waals surface area contributed by atoms with Crippen LogP contribution in [0.4, 0.5) is 8.78 Å². The van der Waals surface area contributed by atoms with Gasteiger partial charge in [0.1, 0.15) is 48.0 Å². The minimum Gasteiger partial charge on any atom is -0.465 e. The van der Waals surface area contributed by atoms with Crippen LogP contribution in [0, 0.1) is 0 Å². The fourth-order valence-corrected chi connectivity index (χ4v) is 10.1. The summed E-state index contributed by atoms with van der Waals surface area (Å²) >= 11 is 0. The average molecular weight is 1060 g/mol. The number of rotatable bonds is 22. The second-order valence-electron chi connectivity index (χ2n) is 17.0. The number of esters is 2. The Labute approximate surface area is 412 Å². The second-order valence-corrected chi connectivity index (χ2v) is 20.3. The van der Waals surface area contributed by atoms with Gasteiger partial charge in [-0.1, -0.05) is 50.2 Å². The minimum absolute atomic E-state index is 0.156. The van der Waals surface area contributed by atoms with E-state index in [0.717, 1.165) is 47.9 Å². The highest BCUT2D eigenvalue weighted by atomic mass is 31.2. The van der Waals surface area contributed by atoms with Crippen LogP contribution in [0.5, 0.6) is 11.5 Å². The third-order valence-corrected chi connectivity index (χ3v) is 14.2. The molecule has 2 unspecified atom stereocenters. The Bertz CT molecular complexity index is 2590. The normalized spacial score (nSPS) is 27.4. The highest BCUT2D eigenvalue weighted by Gasteiger charge is 2.58. The summed E-state index contributed by atoms with van der Waals surface area (Å²) in [6.07, 6.45) is -5.53. The summed E-state index contributed by atoms with van der Waals surface area (Å²) in [5, 5.41) is 26.1. The summed E-state index contributed by atoms with van der Waals surface area (Å²) in [4.78, 5) is 74.5. The lowest BCUT2D eigenvalue weighted by Crippen LogP contribution is -2.51. The van der Waals surface area contributed by atoms with Gasteiger partial charge in [-0.2, -0.15) is 10.2 Å². The van der Waals surface area contributed by atoms with Crippen LogP contribution in [0.1, 0.15) is 67.0 Å². The van der Waals surface area contributed by atoms with Crippen molar-refractivity contribution < 1.29 is 84.3 Å². The lowest BCUT2D eigenvalue weighted by atomic mass is 9.97. The van der Waals surface area contributed by atoms with E-state index < -0.39 is 130 Å². The molecule has 4 heterocycles. The third kappa shape index (κ3) is 14.8. The van der Waals surface area contributed by atoms with Crippen LogP contribution in [0.25, 0.3) is 0 Å². The number of halogens is 2. The lowest BCUT2D eigenvalue weighted by molar-refractivity contribution is -0.150. The first-order valence-corrected chi connectivity index (χ1v) is 25.8. The highest BCUT2D eigenvalue weighted by Crippen LogP contribution is 2.49. The summed E-state index contributed by atoms with van der Waals surface area (Å²) < 4.78 is 102. The number of ketones is 1. The quantitative estimate of drug-likeness (QED) is 0.0541. The molecule has 1 aromatic heterocycles. The van der Waals surface area contributed by atoms with Crippen molar-refractivity contribution in [3.8, 4) is 11.5 Å². The number of nitrogens with zero attached hydrogens (tertiary/aromatic N) is 2. The maximum Gasteiger partial charge on any atom is 0.459 e. The molecule has 1 amide bonds. The monoisotopic (exact) mass is 1060 g/mol. The molecule has 27 heteroatoms. The van der Waals surface area contributed by atoms with Gasteiger partial charge in [0.2, 0.25) is 5.91 Å². The molecule has 2 aromatic carbocycles. The van der Waals surface area contributed by atoms with E-state index in [2.05, 4.69) is 10.2 Å². The SMILES string of the molecule is CCCOC(=O)[C@H](C)NP(=O)(OC[C@H]1O[C@@H](N2C=CC(=O)CC2=O)[C@](C)(F)[C@@H]1O)Oc1ccccc1.CCCOC(=O)[C@H](C)NP(=O)(OC[C@H]1O[C@@H](n2ccc(=O)[nH]c2=O)[C@](C)(F)[C@@H]1O)Oc1ccccc1. The summed E-state index contributed by atoms with van der Waals surface area (Å²) in [7, 11) is -8.57. The lowest BCUT2D eigenvalue weighted by Gasteiger charge is -2.32. The molecule has 3 aromatic rings. The number of nitrogens with one attached hydrogen (secondary N) is 3. The van der Waals surface area contributed by atoms with E-state index in [9.17, 15) is 48.1 Å². The van der Waals surface area contributed by atoms with E-state index >= 15 is 8.78 Å². The number of allylic oxidation sites excluding steroid dienone is 1. The number of carbonyl (C=O) groups excluding carboxylic acids is 4. The smallest absolute Gasteiger partial charge is 0.459 e. The Morgan fingerprint density at radius 1 is 0.764 bits per heavy atom. The van der Waals surface area contributed by atoms with Crippen molar-refractivity contribution in [2.45, 2.75) is 121 Å². The predicted molar refractivity (Wildman–Crippen MR) is 249 cm³/mol. The highest BCUT2D eigenvalue weighted by molar-refractivity contribution is 7.52. The van der Waals surface area contributed by atoms with Gasteiger partial charge in [0, 0.05) is 18.5 Å². The van der Waals surface area contributed by atoms with Gasteiger partial charge >= 0.3 is 33.1 Å². The largest absolute Gasteiger partial charge is 0.465 e. The Morgan fingerprint density at radius 2 is 1.21 bits per heavy atom. The fraction of sp³-hybridized carbons (Fsp3) is 0.511. The van der Waals surface area contributed by atoms with Crippen molar-refractivity contribution in [3.05, 3.63) is 106 Å². The molecular weight excluding hydrogens is 998 g/mol. The molecule has 3 aliphatic heterocycles. The van der Waals surface area contributed by atoms with Crippen molar-refractivity contribution in [3.63, 3.8) is 0 Å². The number of amides is 1. The number of alkyl halides is 2. The maximum absolute atomic E-state index is 15.5. The van der Waals surface area contributed by atoms with Crippen molar-refractivity contribution >= 4 is 39.1 Å². The van der Waals surface area contributed by atoms with Crippen LogP contribution in [0.2, 0.25) is 0 Å². The number of hydrogen-bond donors (Lipinski definition) is 5. The number of carbonyl (C=O) groups is 4. The zero-order chi connectivity index (χ0) is 53.0. The first kappa shape index (κ1) is 57.4. The van der Waals surface area contributed by atoms with Crippen molar-refractivity contribution in [2.75, 3.05) is 26.4 Å². The van der Waals surface area contributed by atoms with Crippen molar-refractivity contribution in [1.29, 1.82) is 0 Å². The van der Waals surface area contributed by atoms with Gasteiger partial charge in [-0.25, -0.2) is 22.7 Å². The van der Waals surface area contributed by atoms with Crippen LogP contribution in [0.15, 0.2) is 94.8 Å². The molecule has 12 atom stereocenters. The molecular formula is C45H59F2N5O18P2. The number of aromatic amines is 1. The van der Waals surface area contributed by atoms with Gasteiger partial charge in [0.05, 0.1) is 32.8 Å². The molecule has 5 N–H and O–H groups in total. The fourth-order valence-electron chi connectivity index (χ4n) is 7.07. The number of hydrogen-bond acceptors (Lipinski definition) is 18. The van der Waals surface area contributed by atoms with Gasteiger partial charge in [0.25, 0.3) is 5.56 Å². The average Bonchev–Trinajstić information content (AvgIpc) is 3.69. The van der Waals surface area contributed by atoms with E-state index in [-0.39, 0.29) is 24.7 Å². The molecule has 396 valence electrons. The summed E-state index contributed by atoms with van der Waals surface area (Å²) in [6, 6.07) is 14.8. The molecule has 3 aliphatic rings. The third-order valence-electron chi connectivity index (χ3n) is 10.9. The number of ether oxygens (including phenoxy) is 4. The Balaban J connectivity index is 0.000000267. The Hall–Kier alpha value is -5.46. The first-order valence-electron chi connectivity index (χ1n) is 22.7. The molecule has 0 radical (unpaired) electrons. The molecule has 0 spiro atoms. The van der Waals surface area contributed by atoms with Crippen LogP contribution < -0.4 is 30.5 Å². The topological polar surface area (TPSA) is 299 Å². The molecule has 6 rings (SSSR count). The number of aliphatic hydroxyl groups is 2. The van der Waals surface area contributed by atoms with E-state index in [1.807, 2.05) is 18.8 Å². The minimum atomic E-state index is -4.29. The van der Waals surface area contributed by atoms with Gasteiger partial charge in [-0.15, -0.1) is 0 Å². The van der Waals surface area contributed by atoms with Crippen LogP contribution in [0.3, 0.4) is 0 Å². The van der Waals surface area contributed by atoms with E-state index in [1.165, 1.54) is 38.1 Å². The number of benzene rings is 2. The zero-order valence-corrected chi connectivity index (χ0v) is 41.9. The molecule has 2 fully saturated rings. The maximum atomic E-state index is 15.5. The molecule has 0 aliphatic carbocycles. The number of aromatic nitrogens is 2. The van der Waals surface area contributed by atoms with E-state index in [4.69, 9.17) is 37.0 Å². The standard InChI is InChI=1S/C23H30FN2O9P.C22H29FN3O9P/c1-4-12-32-21(30)15(2)25-36(31,35-17-8-6-5-7-9-17)33-14-18-20(29)23(3,24)22(34-18)26-11-10-16(27)13-19(26)28;1-4-12-32-19(29)14(2)25-36(31,35-15-8-6-5-7-9-15)33-13-16-18(28)22(3,23)20(34-16)26-11-10-17(27)24-21(26)30/h5-11,15,18,20,22,29H,4,12-14H2,1-3H3,(H,25,31);5-11,14,16,18,20,28H,4,12-13H2,1-3H3,(H,25,31)(H,24,27,30)/t15-,18+,20+,22+,23+,36?;14-,16+,18+,20+,22+,36?/m00/s1. The molecule has 72 heavy (non-hydrogen) atoms. The van der Waals surface area contributed by atoms with Crippen LogP contribution in [-0.4, -0.2) is 129 Å². The number of aliphatic hydroxyl groups excluding tert-OH is 2. The Morgan fingerprint density at radius 3 is 1.64 bits per heavy atom. The van der Waals surface area contributed by atoms with Crippen molar-refractivity contribution in [2.24, 2.45) is 0 Å². The molecule has 23 nitrogen and oxygen atoms in total. The molecule has 0 bridgehead atoms. The molecule has 0 saturated carbocycles. The second kappa shape index (κ2) is 25.0. The van der Waals surface area contributed by atoms with Crippen molar-refractivity contribution in [1.82, 2.24) is 24.6 Å². The Kier molecular flexibility index (Phi) is 19.9. The molecule has 2 saturated heterocycles. The van der Waals surface area contributed by atoms with Gasteiger partial charge < -0.3 is 38.2 Å². The van der Waals surface area contributed by atoms with Gasteiger partial charge in [-0.3, -0.25) is 47.5 Å². The van der Waals surface area contributed by atoms with Gasteiger partial charge in [0.15, 0.2) is 29.6 Å².